The average Bonchev–Trinajstić information content (AvgIpc) is 3.48. The van der Waals surface area contributed by atoms with Gasteiger partial charge in [-0.1, -0.05) is 115 Å². The number of aliphatic imine (C=N–C) groups is 1. The van der Waals surface area contributed by atoms with Gasteiger partial charge in [0.15, 0.2) is 0 Å². The first-order chi connectivity index (χ1) is 16.4. The van der Waals surface area contributed by atoms with Gasteiger partial charge < -0.3 is 4.98 Å². The van der Waals surface area contributed by atoms with Crippen LogP contribution < -0.4 is 0 Å². The summed E-state index contributed by atoms with van der Waals surface area (Å²) in [4.78, 5) is 8.76. The van der Waals surface area contributed by atoms with Gasteiger partial charge in [0.2, 0.25) is 0 Å². The van der Waals surface area contributed by atoms with Gasteiger partial charge in [0.05, 0.1) is 11.4 Å². The van der Waals surface area contributed by atoms with E-state index in [0.717, 1.165) is 33.9 Å². The molecule has 0 fully saturated rings. The van der Waals surface area contributed by atoms with Gasteiger partial charge in [0.25, 0.3) is 0 Å². The molecule has 0 spiro atoms. The Kier molecular flexibility index (Phi) is 4.82. The lowest BCUT2D eigenvalue weighted by Crippen LogP contribution is -1.99. The maximum atomic E-state index is 5.10. The Morgan fingerprint density at radius 3 is 1.73 bits per heavy atom. The molecule has 0 aliphatic carbocycles. The summed E-state index contributed by atoms with van der Waals surface area (Å²) in [7, 11) is 0. The van der Waals surface area contributed by atoms with Crippen molar-refractivity contribution in [3.63, 3.8) is 0 Å². The van der Waals surface area contributed by atoms with Gasteiger partial charge in [0.1, 0.15) is 0 Å². The van der Waals surface area contributed by atoms with Gasteiger partial charge in [0, 0.05) is 33.6 Å². The van der Waals surface area contributed by atoms with Crippen molar-refractivity contribution in [3.05, 3.63) is 144 Å². The Labute approximate surface area is 193 Å². The summed E-state index contributed by atoms with van der Waals surface area (Å²) < 4.78 is 0. The molecule has 1 aliphatic heterocycles. The summed E-state index contributed by atoms with van der Waals surface area (Å²) in [6.45, 7) is 0. The lowest BCUT2D eigenvalue weighted by atomic mass is 9.99. The van der Waals surface area contributed by atoms with E-state index in [1.807, 2.05) is 12.1 Å². The first-order valence-electron chi connectivity index (χ1n) is 11.2. The molecule has 0 saturated carbocycles. The van der Waals surface area contributed by atoms with Crippen LogP contribution in [0.1, 0.15) is 22.4 Å². The highest BCUT2D eigenvalue weighted by Gasteiger charge is 2.22. The number of benzene rings is 4. The van der Waals surface area contributed by atoms with Crippen molar-refractivity contribution >= 4 is 17.5 Å². The minimum absolute atomic E-state index is 0.975. The molecule has 0 radical (unpaired) electrons. The van der Waals surface area contributed by atoms with E-state index in [1.54, 1.807) is 0 Å². The van der Waals surface area contributed by atoms with Gasteiger partial charge >= 0.3 is 0 Å². The van der Waals surface area contributed by atoms with Crippen molar-refractivity contribution in [2.45, 2.75) is 0 Å². The van der Waals surface area contributed by atoms with Crippen LogP contribution in [0, 0.1) is 0 Å². The minimum atomic E-state index is 0.975. The third-order valence-corrected chi connectivity index (χ3v) is 6.04. The van der Waals surface area contributed by atoms with E-state index in [4.69, 9.17) is 4.99 Å². The van der Waals surface area contributed by atoms with Crippen LogP contribution in [0.25, 0.3) is 34.2 Å². The number of nitrogens with zero attached hydrogens (tertiary/aromatic N) is 1. The van der Waals surface area contributed by atoms with E-state index in [2.05, 4.69) is 120 Å². The van der Waals surface area contributed by atoms with Gasteiger partial charge in [-0.15, -0.1) is 0 Å². The second kappa shape index (κ2) is 8.25. The number of nitrogens with one attached hydrogen (secondary N) is 1. The zero-order valence-corrected chi connectivity index (χ0v) is 18.1. The van der Waals surface area contributed by atoms with E-state index in [0.29, 0.717) is 0 Å². The largest absolute Gasteiger partial charge is 0.354 e. The van der Waals surface area contributed by atoms with Crippen LogP contribution in [0.4, 0.5) is 0 Å². The van der Waals surface area contributed by atoms with Crippen LogP contribution in [0.2, 0.25) is 0 Å². The topological polar surface area (TPSA) is 28.1 Å². The summed E-state index contributed by atoms with van der Waals surface area (Å²) in [6.07, 6.45) is 2.18. The number of hydrogen-bond acceptors (Lipinski definition) is 1. The number of aromatic amines is 1. The van der Waals surface area contributed by atoms with Crippen molar-refractivity contribution < 1.29 is 0 Å². The van der Waals surface area contributed by atoms with Crippen molar-refractivity contribution in [3.8, 4) is 22.4 Å². The lowest BCUT2D eigenvalue weighted by molar-refractivity contribution is 1.36. The second-order valence-electron chi connectivity index (χ2n) is 8.14. The van der Waals surface area contributed by atoms with Crippen LogP contribution in [0.3, 0.4) is 0 Å². The molecule has 2 heterocycles. The molecule has 1 aromatic heterocycles. The van der Waals surface area contributed by atoms with Crippen LogP contribution in [0.15, 0.2) is 126 Å². The minimum Gasteiger partial charge on any atom is -0.354 e. The smallest absolute Gasteiger partial charge is 0.0788 e. The van der Waals surface area contributed by atoms with E-state index in [-0.39, 0.29) is 0 Å². The average molecular weight is 423 g/mol. The molecule has 0 bridgehead atoms. The standard InChI is InChI=1S/C31H22N2/c1-4-12-22(13-5-1)27-20-28(23-14-6-2-7-15-23)32-30(27)21-29-25-18-10-11-19-26(25)31(33-29)24-16-8-3-9-17-24/h1-21,32H/b29-21-. The highest BCUT2D eigenvalue weighted by Crippen LogP contribution is 2.36. The highest BCUT2D eigenvalue weighted by atomic mass is 14.8. The first kappa shape index (κ1) is 19.3. The molecule has 0 unspecified atom stereocenters. The predicted octanol–water partition coefficient (Wildman–Crippen LogP) is 7.70. The monoisotopic (exact) mass is 422 g/mol. The summed E-state index contributed by atoms with van der Waals surface area (Å²) >= 11 is 0. The molecule has 2 heteroatoms. The third kappa shape index (κ3) is 3.62. The highest BCUT2D eigenvalue weighted by molar-refractivity contribution is 6.21. The molecule has 0 saturated heterocycles. The molecule has 4 aromatic carbocycles. The summed E-state index contributed by atoms with van der Waals surface area (Å²) in [5.41, 5.74) is 11.1. The molecule has 0 atom stereocenters. The first-order valence-corrected chi connectivity index (χ1v) is 11.2. The lowest BCUT2D eigenvalue weighted by Gasteiger charge is -2.03. The van der Waals surface area contributed by atoms with Crippen LogP contribution in [0.5, 0.6) is 0 Å². The molecular weight excluding hydrogens is 400 g/mol. The van der Waals surface area contributed by atoms with Gasteiger partial charge in [-0.3, -0.25) is 0 Å². The van der Waals surface area contributed by atoms with E-state index >= 15 is 0 Å². The van der Waals surface area contributed by atoms with Gasteiger partial charge in [-0.2, -0.15) is 0 Å². The fourth-order valence-corrected chi connectivity index (χ4v) is 4.43. The summed E-state index contributed by atoms with van der Waals surface area (Å²) in [5.74, 6) is 0. The molecule has 0 amide bonds. The Morgan fingerprint density at radius 1 is 0.515 bits per heavy atom. The fourth-order valence-electron chi connectivity index (χ4n) is 4.43. The molecular formula is C31H22N2. The van der Waals surface area contributed by atoms with Gasteiger partial charge in [-0.25, -0.2) is 4.99 Å². The van der Waals surface area contributed by atoms with Gasteiger partial charge in [-0.05, 0) is 23.3 Å². The Hall–Kier alpha value is -4.43. The van der Waals surface area contributed by atoms with E-state index < -0.39 is 0 Å². The van der Waals surface area contributed by atoms with Crippen molar-refractivity contribution in [1.29, 1.82) is 0 Å². The van der Waals surface area contributed by atoms with Crippen LogP contribution >= 0.6 is 0 Å². The zero-order valence-electron chi connectivity index (χ0n) is 18.1. The second-order valence-corrected chi connectivity index (χ2v) is 8.14. The van der Waals surface area contributed by atoms with Crippen molar-refractivity contribution in [2.75, 3.05) is 0 Å². The SMILES string of the molecule is C(=C1/N=C(c2ccccc2)c2ccccc21)/c1[nH]c(-c2ccccc2)cc1-c1ccccc1. The number of rotatable bonds is 4. The molecule has 5 aromatic rings. The van der Waals surface area contributed by atoms with Crippen LogP contribution in [-0.2, 0) is 0 Å². The Balaban J connectivity index is 1.53. The Morgan fingerprint density at radius 2 is 1.06 bits per heavy atom. The maximum absolute atomic E-state index is 5.10. The normalized spacial score (nSPS) is 13.7. The number of H-pyrrole nitrogens is 1. The molecule has 1 aliphatic rings. The van der Waals surface area contributed by atoms with Crippen molar-refractivity contribution in [2.24, 2.45) is 4.99 Å². The molecule has 1 N–H and O–H groups in total. The summed E-state index contributed by atoms with van der Waals surface area (Å²) in [6, 6.07) is 42.1. The molecule has 33 heavy (non-hydrogen) atoms. The number of fused-ring (bicyclic) bond motifs is 1. The van der Waals surface area contributed by atoms with E-state index in [9.17, 15) is 0 Å². The molecule has 6 rings (SSSR count). The maximum Gasteiger partial charge on any atom is 0.0788 e. The predicted molar refractivity (Wildman–Crippen MR) is 138 cm³/mol. The number of hydrogen-bond donors (Lipinski definition) is 1. The van der Waals surface area contributed by atoms with Crippen molar-refractivity contribution in [1.82, 2.24) is 4.98 Å². The van der Waals surface area contributed by atoms with Crippen LogP contribution in [-0.4, -0.2) is 10.7 Å². The fraction of sp³-hybridized carbons (Fsp3) is 0. The zero-order chi connectivity index (χ0) is 22.0. The molecule has 2 nitrogen and oxygen atoms in total. The Bertz CT molecular complexity index is 1470. The van der Waals surface area contributed by atoms with E-state index in [1.165, 1.54) is 22.3 Å². The summed E-state index contributed by atoms with van der Waals surface area (Å²) in [5, 5.41) is 0. The molecule has 156 valence electrons. The third-order valence-electron chi connectivity index (χ3n) is 6.04. The number of aromatic nitrogens is 1. The quantitative estimate of drug-likeness (QED) is 0.307.